The van der Waals surface area contributed by atoms with E-state index in [1.165, 1.54) is 12.1 Å². The average Bonchev–Trinajstić information content (AvgIpc) is 2.72. The number of pyridine rings is 1. The van der Waals surface area contributed by atoms with Crippen molar-refractivity contribution in [3.05, 3.63) is 83.0 Å². The van der Waals surface area contributed by atoms with Crippen LogP contribution in [0.2, 0.25) is 0 Å². The van der Waals surface area contributed by atoms with E-state index >= 15 is 0 Å². The number of hydrogen-bond acceptors (Lipinski definition) is 4. The number of nitrogens with one attached hydrogen (secondary N) is 1. The maximum Gasteiger partial charge on any atom is 0.416 e. The van der Waals surface area contributed by atoms with Gasteiger partial charge in [-0.1, -0.05) is 12.1 Å². The lowest BCUT2D eigenvalue weighted by Crippen LogP contribution is -2.36. The SMILES string of the molecule is Nc1cccc(C(=O)N2CCc3cc(Nc4ccc(C(F)(F)F)cc4)ccc3C2)n1. The molecule has 8 heteroatoms. The minimum atomic E-state index is -4.35. The number of anilines is 3. The van der Waals surface area contributed by atoms with Crippen LogP contribution < -0.4 is 11.1 Å². The van der Waals surface area contributed by atoms with Crippen LogP contribution >= 0.6 is 0 Å². The van der Waals surface area contributed by atoms with Gasteiger partial charge in [0.15, 0.2) is 0 Å². The van der Waals surface area contributed by atoms with Gasteiger partial charge in [-0.2, -0.15) is 13.2 Å². The Balaban J connectivity index is 1.46. The van der Waals surface area contributed by atoms with Gasteiger partial charge in [-0.05, 0) is 66.1 Å². The van der Waals surface area contributed by atoms with Crippen LogP contribution in [0, 0.1) is 0 Å². The third kappa shape index (κ3) is 4.22. The summed E-state index contributed by atoms with van der Waals surface area (Å²) < 4.78 is 38.1. The number of nitrogens with zero attached hydrogens (tertiary/aromatic N) is 2. The number of hydrogen-bond donors (Lipinski definition) is 2. The molecule has 0 radical (unpaired) electrons. The van der Waals surface area contributed by atoms with Crippen molar-refractivity contribution < 1.29 is 18.0 Å². The standard InChI is InChI=1S/C22H19F3N4O/c23-22(24,25)16-5-8-17(9-6-16)27-18-7-4-15-13-29(11-10-14(15)12-18)21(30)19-2-1-3-20(26)28-19/h1-9,12,27H,10-11,13H2,(H2,26,28). The number of amides is 1. The number of halogens is 3. The van der Waals surface area contributed by atoms with Crippen LogP contribution in [0.25, 0.3) is 0 Å². The Kier molecular flexibility index (Phi) is 5.07. The molecule has 0 spiro atoms. The summed E-state index contributed by atoms with van der Waals surface area (Å²) in [7, 11) is 0. The van der Waals surface area contributed by atoms with Crippen molar-refractivity contribution in [3.8, 4) is 0 Å². The molecule has 1 aliphatic heterocycles. The molecule has 154 valence electrons. The maximum atomic E-state index is 12.7. The highest BCUT2D eigenvalue weighted by Crippen LogP contribution is 2.31. The van der Waals surface area contributed by atoms with Crippen LogP contribution in [0.15, 0.2) is 60.7 Å². The molecule has 0 unspecified atom stereocenters. The van der Waals surface area contributed by atoms with E-state index in [2.05, 4.69) is 10.3 Å². The zero-order valence-corrected chi connectivity index (χ0v) is 15.9. The third-order valence-electron chi connectivity index (χ3n) is 5.00. The first-order chi connectivity index (χ1) is 14.3. The molecule has 4 rings (SSSR count). The van der Waals surface area contributed by atoms with Crippen molar-refractivity contribution >= 4 is 23.1 Å². The number of alkyl halides is 3. The van der Waals surface area contributed by atoms with Crippen LogP contribution in [-0.2, 0) is 19.1 Å². The summed E-state index contributed by atoms with van der Waals surface area (Å²) in [5.41, 5.74) is 8.78. The van der Waals surface area contributed by atoms with Crippen molar-refractivity contribution in [2.75, 3.05) is 17.6 Å². The van der Waals surface area contributed by atoms with Crippen LogP contribution in [-0.4, -0.2) is 22.3 Å². The molecule has 0 saturated carbocycles. The highest BCUT2D eigenvalue weighted by molar-refractivity contribution is 5.92. The first-order valence-corrected chi connectivity index (χ1v) is 9.37. The Hall–Kier alpha value is -3.55. The number of carbonyl (C=O) groups is 1. The fourth-order valence-electron chi connectivity index (χ4n) is 3.45. The molecule has 30 heavy (non-hydrogen) atoms. The minimum Gasteiger partial charge on any atom is -0.384 e. The Labute approximate surface area is 171 Å². The summed E-state index contributed by atoms with van der Waals surface area (Å²) in [4.78, 5) is 18.5. The fraction of sp³-hybridized carbons (Fsp3) is 0.182. The summed E-state index contributed by atoms with van der Waals surface area (Å²) in [6.45, 7) is 1.01. The second-order valence-corrected chi connectivity index (χ2v) is 7.11. The molecule has 5 nitrogen and oxygen atoms in total. The van der Waals surface area contributed by atoms with Crippen molar-refractivity contribution in [1.29, 1.82) is 0 Å². The average molecular weight is 412 g/mol. The lowest BCUT2D eigenvalue weighted by atomic mass is 9.98. The van der Waals surface area contributed by atoms with Gasteiger partial charge in [0.25, 0.3) is 5.91 Å². The van der Waals surface area contributed by atoms with Gasteiger partial charge in [-0.25, -0.2) is 4.98 Å². The molecule has 2 heterocycles. The zero-order chi connectivity index (χ0) is 21.3. The van der Waals surface area contributed by atoms with Gasteiger partial charge in [0.05, 0.1) is 5.56 Å². The van der Waals surface area contributed by atoms with Gasteiger partial charge >= 0.3 is 6.18 Å². The molecule has 2 aromatic carbocycles. The molecule has 0 saturated heterocycles. The van der Waals surface area contributed by atoms with Crippen molar-refractivity contribution in [3.63, 3.8) is 0 Å². The molecule has 3 N–H and O–H groups in total. The van der Waals surface area contributed by atoms with Gasteiger partial charge in [0.2, 0.25) is 0 Å². The van der Waals surface area contributed by atoms with Crippen molar-refractivity contribution in [2.24, 2.45) is 0 Å². The van der Waals surface area contributed by atoms with Gasteiger partial charge < -0.3 is 16.0 Å². The minimum absolute atomic E-state index is 0.167. The molecule has 3 aromatic rings. The van der Waals surface area contributed by atoms with Gasteiger partial charge in [-0.15, -0.1) is 0 Å². The Morgan fingerprint density at radius 3 is 2.43 bits per heavy atom. The number of aromatic nitrogens is 1. The Morgan fingerprint density at radius 2 is 1.73 bits per heavy atom. The van der Waals surface area contributed by atoms with Crippen LogP contribution in [0.1, 0.15) is 27.2 Å². The molecule has 0 bridgehead atoms. The Morgan fingerprint density at radius 1 is 1.00 bits per heavy atom. The molecule has 1 amide bonds. The number of nitrogens with two attached hydrogens (primary N) is 1. The predicted molar refractivity (Wildman–Crippen MR) is 108 cm³/mol. The number of benzene rings is 2. The second kappa shape index (κ2) is 7.70. The Bertz CT molecular complexity index is 1080. The van der Waals surface area contributed by atoms with Crippen LogP contribution in [0.5, 0.6) is 0 Å². The maximum absolute atomic E-state index is 12.7. The number of carbonyl (C=O) groups excluding carboxylic acids is 1. The third-order valence-corrected chi connectivity index (χ3v) is 5.00. The second-order valence-electron chi connectivity index (χ2n) is 7.11. The first kappa shape index (κ1) is 19.8. The zero-order valence-electron chi connectivity index (χ0n) is 15.9. The van der Waals surface area contributed by atoms with E-state index in [9.17, 15) is 18.0 Å². The first-order valence-electron chi connectivity index (χ1n) is 9.37. The van der Waals surface area contributed by atoms with Crippen LogP contribution in [0.4, 0.5) is 30.4 Å². The molecular formula is C22H19F3N4O. The van der Waals surface area contributed by atoms with Crippen LogP contribution in [0.3, 0.4) is 0 Å². The monoisotopic (exact) mass is 412 g/mol. The van der Waals surface area contributed by atoms with Gasteiger partial charge in [0, 0.05) is 24.5 Å². The van der Waals surface area contributed by atoms with E-state index in [4.69, 9.17) is 5.73 Å². The molecular weight excluding hydrogens is 393 g/mol. The van der Waals surface area contributed by atoms with E-state index in [0.717, 1.165) is 28.9 Å². The van der Waals surface area contributed by atoms with Gasteiger partial charge in [0.1, 0.15) is 11.5 Å². The topological polar surface area (TPSA) is 71.2 Å². The molecule has 0 atom stereocenters. The molecule has 1 aromatic heterocycles. The van der Waals surface area contributed by atoms with E-state index in [-0.39, 0.29) is 5.91 Å². The van der Waals surface area contributed by atoms with E-state index in [1.54, 1.807) is 23.1 Å². The smallest absolute Gasteiger partial charge is 0.384 e. The number of nitrogen functional groups attached to an aromatic ring is 1. The van der Waals surface area contributed by atoms with E-state index in [0.29, 0.717) is 36.7 Å². The quantitative estimate of drug-likeness (QED) is 0.658. The number of rotatable bonds is 3. The lowest BCUT2D eigenvalue weighted by molar-refractivity contribution is -0.137. The van der Waals surface area contributed by atoms with E-state index in [1.807, 2.05) is 18.2 Å². The normalized spacial score (nSPS) is 13.6. The summed E-state index contributed by atoms with van der Waals surface area (Å²) in [6, 6.07) is 15.6. The van der Waals surface area contributed by atoms with Crippen molar-refractivity contribution in [2.45, 2.75) is 19.1 Å². The molecule has 1 aliphatic rings. The summed E-state index contributed by atoms with van der Waals surface area (Å²) in [5, 5.41) is 3.13. The van der Waals surface area contributed by atoms with Gasteiger partial charge in [-0.3, -0.25) is 4.79 Å². The lowest BCUT2D eigenvalue weighted by Gasteiger charge is -2.29. The molecule has 0 fully saturated rings. The highest BCUT2D eigenvalue weighted by Gasteiger charge is 2.30. The summed E-state index contributed by atoms with van der Waals surface area (Å²) in [5.74, 6) is 0.136. The summed E-state index contributed by atoms with van der Waals surface area (Å²) >= 11 is 0. The largest absolute Gasteiger partial charge is 0.416 e. The molecule has 0 aliphatic carbocycles. The number of fused-ring (bicyclic) bond motifs is 1. The fourth-order valence-corrected chi connectivity index (χ4v) is 3.45. The van der Waals surface area contributed by atoms with Crippen molar-refractivity contribution in [1.82, 2.24) is 9.88 Å². The highest BCUT2D eigenvalue weighted by atomic mass is 19.4. The van der Waals surface area contributed by atoms with E-state index < -0.39 is 11.7 Å². The summed E-state index contributed by atoms with van der Waals surface area (Å²) in [6.07, 6.45) is -3.68. The predicted octanol–water partition coefficient (Wildman–Crippen LogP) is 4.62.